The second-order valence-electron chi connectivity index (χ2n) is 4.12. The number of unbranched alkanes of at least 4 members (excludes halogenated alkanes) is 1. The van der Waals surface area contributed by atoms with Crippen molar-refractivity contribution in [2.24, 2.45) is 0 Å². The Hall–Kier alpha value is 0.130. The summed E-state index contributed by atoms with van der Waals surface area (Å²) in [5, 5.41) is 3.71. The normalized spacial score (nSPS) is 17.4. The zero-order chi connectivity index (χ0) is 12.3. The van der Waals surface area contributed by atoms with E-state index in [1.807, 2.05) is 28.5 Å². The maximum atomic E-state index is 11.4. The van der Waals surface area contributed by atoms with Gasteiger partial charge in [-0.15, -0.1) is 0 Å². The Labute approximate surface area is 127 Å². The zero-order valence-electron chi connectivity index (χ0n) is 10.6. The SMILES string of the molecule is C.C.CCOCCNC(=O)CCCCC1CCSS1. The van der Waals surface area contributed by atoms with Crippen LogP contribution in [0.5, 0.6) is 0 Å². The fourth-order valence-electron chi connectivity index (χ4n) is 1.72. The monoisotopic (exact) mass is 309 g/mol. The number of rotatable bonds is 9. The minimum absolute atomic E-state index is 0. The molecule has 1 saturated heterocycles. The smallest absolute Gasteiger partial charge is 0.220 e. The lowest BCUT2D eigenvalue weighted by molar-refractivity contribution is -0.121. The van der Waals surface area contributed by atoms with Gasteiger partial charge in [-0.1, -0.05) is 42.9 Å². The van der Waals surface area contributed by atoms with Gasteiger partial charge in [0, 0.05) is 30.6 Å². The largest absolute Gasteiger partial charge is 0.380 e. The highest BCUT2D eigenvalue weighted by molar-refractivity contribution is 8.77. The Morgan fingerprint density at radius 1 is 1.37 bits per heavy atom. The predicted molar refractivity (Wildman–Crippen MR) is 89.9 cm³/mol. The average molecular weight is 310 g/mol. The van der Waals surface area contributed by atoms with E-state index in [-0.39, 0.29) is 20.8 Å². The maximum Gasteiger partial charge on any atom is 0.220 e. The van der Waals surface area contributed by atoms with E-state index in [0.29, 0.717) is 26.2 Å². The highest BCUT2D eigenvalue weighted by Crippen LogP contribution is 2.39. The highest BCUT2D eigenvalue weighted by atomic mass is 33.1. The van der Waals surface area contributed by atoms with Gasteiger partial charge in [0.25, 0.3) is 0 Å². The molecule has 0 bridgehead atoms. The molecule has 0 aromatic heterocycles. The van der Waals surface area contributed by atoms with Crippen molar-refractivity contribution in [1.29, 1.82) is 0 Å². The first-order chi connectivity index (χ1) is 8.33. The summed E-state index contributed by atoms with van der Waals surface area (Å²) in [4.78, 5) is 11.4. The first-order valence-corrected chi connectivity index (χ1v) is 8.84. The Morgan fingerprint density at radius 3 is 2.79 bits per heavy atom. The second-order valence-corrected chi connectivity index (χ2v) is 6.91. The van der Waals surface area contributed by atoms with Gasteiger partial charge >= 0.3 is 0 Å². The fraction of sp³-hybridized carbons (Fsp3) is 0.929. The van der Waals surface area contributed by atoms with E-state index < -0.39 is 0 Å². The molecule has 0 saturated carbocycles. The lowest BCUT2D eigenvalue weighted by atomic mass is 10.1. The molecule has 0 spiro atoms. The van der Waals surface area contributed by atoms with Crippen molar-refractivity contribution in [2.45, 2.75) is 59.1 Å². The van der Waals surface area contributed by atoms with E-state index in [0.717, 1.165) is 11.7 Å². The molecule has 0 aromatic carbocycles. The number of ether oxygens (including phenoxy) is 1. The first-order valence-electron chi connectivity index (χ1n) is 6.45. The molecule has 0 aromatic rings. The Balaban J connectivity index is 0. The van der Waals surface area contributed by atoms with Crippen LogP contribution in [-0.2, 0) is 9.53 Å². The molecule has 1 atom stereocenters. The number of hydrogen-bond acceptors (Lipinski definition) is 4. The number of amides is 1. The van der Waals surface area contributed by atoms with Crippen molar-refractivity contribution in [3.63, 3.8) is 0 Å². The Bertz CT molecular complexity index is 210. The molecule has 3 nitrogen and oxygen atoms in total. The summed E-state index contributed by atoms with van der Waals surface area (Å²) in [5.41, 5.74) is 0. The topological polar surface area (TPSA) is 38.3 Å². The first kappa shape index (κ1) is 21.4. The number of hydrogen-bond donors (Lipinski definition) is 1. The van der Waals surface area contributed by atoms with Crippen LogP contribution in [0.3, 0.4) is 0 Å². The van der Waals surface area contributed by atoms with Crippen molar-refractivity contribution in [1.82, 2.24) is 5.32 Å². The third kappa shape index (κ3) is 11.6. The van der Waals surface area contributed by atoms with E-state index in [2.05, 4.69) is 5.32 Å². The number of carbonyl (C=O) groups excluding carboxylic acids is 1. The summed E-state index contributed by atoms with van der Waals surface area (Å²) >= 11 is 0. The van der Waals surface area contributed by atoms with Crippen LogP contribution in [-0.4, -0.2) is 36.7 Å². The summed E-state index contributed by atoms with van der Waals surface area (Å²) < 4.78 is 5.16. The molecule has 5 heteroatoms. The van der Waals surface area contributed by atoms with Crippen LogP contribution >= 0.6 is 21.6 Å². The Morgan fingerprint density at radius 2 is 2.16 bits per heavy atom. The van der Waals surface area contributed by atoms with Gasteiger partial charge in [-0.05, 0) is 26.2 Å². The molecule has 116 valence electrons. The van der Waals surface area contributed by atoms with Gasteiger partial charge in [0.2, 0.25) is 5.91 Å². The van der Waals surface area contributed by atoms with E-state index in [4.69, 9.17) is 4.74 Å². The molecule has 1 fully saturated rings. The van der Waals surface area contributed by atoms with Crippen molar-refractivity contribution in [2.75, 3.05) is 25.5 Å². The van der Waals surface area contributed by atoms with Crippen LogP contribution in [0.4, 0.5) is 0 Å². The lowest BCUT2D eigenvalue weighted by Gasteiger charge is -2.07. The lowest BCUT2D eigenvalue weighted by Crippen LogP contribution is -2.26. The van der Waals surface area contributed by atoms with Gasteiger partial charge in [0.1, 0.15) is 0 Å². The van der Waals surface area contributed by atoms with Crippen LogP contribution in [0.1, 0.15) is 53.9 Å². The van der Waals surface area contributed by atoms with Gasteiger partial charge in [0.15, 0.2) is 0 Å². The quantitative estimate of drug-likeness (QED) is 0.513. The minimum atomic E-state index is 0. The van der Waals surface area contributed by atoms with Crippen molar-refractivity contribution < 1.29 is 9.53 Å². The van der Waals surface area contributed by atoms with Gasteiger partial charge in [-0.25, -0.2) is 0 Å². The van der Waals surface area contributed by atoms with Crippen molar-refractivity contribution >= 4 is 27.5 Å². The molecule has 1 unspecified atom stereocenters. The standard InChI is InChI=1S/C12H23NO2S2.2CH4/c1-2-15-9-8-13-12(14)6-4-3-5-11-7-10-16-17-11;;/h11H,2-10H2,1H3,(H,13,14);2*1H4. The van der Waals surface area contributed by atoms with Crippen LogP contribution in [0, 0.1) is 0 Å². The molecule has 0 radical (unpaired) electrons. The number of carbonyl (C=O) groups is 1. The molecule has 1 heterocycles. The van der Waals surface area contributed by atoms with Gasteiger partial charge in [-0.2, -0.15) is 0 Å². The highest BCUT2D eigenvalue weighted by Gasteiger charge is 2.15. The van der Waals surface area contributed by atoms with Gasteiger partial charge in [-0.3, -0.25) is 4.79 Å². The summed E-state index contributed by atoms with van der Waals surface area (Å²) in [6.07, 6.45) is 5.47. The van der Waals surface area contributed by atoms with E-state index in [1.165, 1.54) is 25.0 Å². The van der Waals surface area contributed by atoms with E-state index in [1.54, 1.807) is 0 Å². The molecule has 0 aliphatic carbocycles. The van der Waals surface area contributed by atoms with E-state index >= 15 is 0 Å². The molecular formula is C14H31NO2S2. The summed E-state index contributed by atoms with van der Waals surface area (Å²) in [5.74, 6) is 1.46. The molecule has 1 amide bonds. The average Bonchev–Trinajstić information content (AvgIpc) is 2.83. The summed E-state index contributed by atoms with van der Waals surface area (Å²) in [7, 11) is 4.01. The molecular weight excluding hydrogens is 278 g/mol. The van der Waals surface area contributed by atoms with Gasteiger partial charge < -0.3 is 10.1 Å². The second kappa shape index (κ2) is 14.5. The van der Waals surface area contributed by atoms with Crippen LogP contribution in [0.25, 0.3) is 0 Å². The predicted octanol–water partition coefficient (Wildman–Crippen LogP) is 4.13. The molecule has 1 rings (SSSR count). The van der Waals surface area contributed by atoms with E-state index in [9.17, 15) is 4.79 Å². The van der Waals surface area contributed by atoms with Crippen molar-refractivity contribution in [3.05, 3.63) is 0 Å². The van der Waals surface area contributed by atoms with Crippen LogP contribution < -0.4 is 5.32 Å². The molecule has 1 aliphatic rings. The van der Waals surface area contributed by atoms with Gasteiger partial charge in [0.05, 0.1) is 6.61 Å². The molecule has 1 N–H and O–H groups in total. The van der Waals surface area contributed by atoms with Crippen LogP contribution in [0.2, 0.25) is 0 Å². The third-order valence-electron chi connectivity index (χ3n) is 2.68. The fourth-order valence-corrected chi connectivity index (χ4v) is 4.75. The molecule has 1 aliphatic heterocycles. The maximum absolute atomic E-state index is 11.4. The Kier molecular flexibility index (Phi) is 16.4. The summed E-state index contributed by atoms with van der Waals surface area (Å²) in [6.45, 7) is 3.94. The van der Waals surface area contributed by atoms with Crippen LogP contribution in [0.15, 0.2) is 0 Å². The van der Waals surface area contributed by atoms with Crippen molar-refractivity contribution in [3.8, 4) is 0 Å². The summed E-state index contributed by atoms with van der Waals surface area (Å²) in [6, 6.07) is 0. The minimum Gasteiger partial charge on any atom is -0.380 e. The molecule has 19 heavy (non-hydrogen) atoms. The number of nitrogens with one attached hydrogen (secondary N) is 1. The zero-order valence-corrected chi connectivity index (χ0v) is 12.2. The third-order valence-corrected chi connectivity index (χ3v) is 5.69.